The second-order valence-electron chi connectivity index (χ2n) is 4.16. The van der Waals surface area contributed by atoms with E-state index in [1.807, 2.05) is 39.3 Å². The predicted octanol–water partition coefficient (Wildman–Crippen LogP) is 1.65. The number of rotatable bonds is 5. The standard InChI is InChI=1S/C12H19ClN2O/c1-14-7-12(16)9-4-5-10(8-15(2)3)11(13)6-9/h4-6,12,14,16H,7-8H2,1-3H3. The number of nitrogens with one attached hydrogen (secondary N) is 1. The first kappa shape index (κ1) is 13.5. The number of hydrogen-bond acceptors (Lipinski definition) is 3. The van der Waals surface area contributed by atoms with Crippen molar-refractivity contribution in [1.82, 2.24) is 10.2 Å². The van der Waals surface area contributed by atoms with Crippen LogP contribution >= 0.6 is 11.6 Å². The fourth-order valence-corrected chi connectivity index (χ4v) is 1.80. The fraction of sp³-hybridized carbons (Fsp3) is 0.500. The lowest BCUT2D eigenvalue weighted by Crippen LogP contribution is -2.17. The van der Waals surface area contributed by atoms with Crippen molar-refractivity contribution in [2.75, 3.05) is 27.7 Å². The van der Waals surface area contributed by atoms with E-state index in [9.17, 15) is 5.11 Å². The van der Waals surface area contributed by atoms with E-state index >= 15 is 0 Å². The van der Waals surface area contributed by atoms with E-state index < -0.39 is 6.10 Å². The molecule has 0 aliphatic carbocycles. The van der Waals surface area contributed by atoms with E-state index in [4.69, 9.17) is 11.6 Å². The van der Waals surface area contributed by atoms with Gasteiger partial charge >= 0.3 is 0 Å². The molecule has 0 heterocycles. The van der Waals surface area contributed by atoms with E-state index in [-0.39, 0.29) is 0 Å². The first-order valence-corrected chi connectivity index (χ1v) is 5.68. The first-order chi connectivity index (χ1) is 7.54. The van der Waals surface area contributed by atoms with Gasteiger partial charge in [-0.15, -0.1) is 0 Å². The molecule has 0 bridgehead atoms. The number of likely N-dealkylation sites (N-methyl/N-ethyl adjacent to an activating group) is 1. The van der Waals surface area contributed by atoms with Crippen molar-refractivity contribution in [2.45, 2.75) is 12.6 Å². The topological polar surface area (TPSA) is 35.5 Å². The van der Waals surface area contributed by atoms with Crippen LogP contribution < -0.4 is 5.32 Å². The van der Waals surface area contributed by atoms with Gasteiger partial charge in [-0.1, -0.05) is 23.7 Å². The smallest absolute Gasteiger partial charge is 0.0914 e. The molecule has 3 nitrogen and oxygen atoms in total. The number of halogens is 1. The molecule has 0 aromatic heterocycles. The molecule has 4 heteroatoms. The minimum atomic E-state index is -0.504. The maximum atomic E-state index is 9.79. The average Bonchev–Trinajstić information content (AvgIpc) is 2.20. The number of hydrogen-bond donors (Lipinski definition) is 2. The molecule has 1 aromatic carbocycles. The molecular weight excluding hydrogens is 224 g/mol. The number of benzene rings is 1. The van der Waals surface area contributed by atoms with Gasteiger partial charge in [-0.25, -0.2) is 0 Å². The largest absolute Gasteiger partial charge is 0.387 e. The van der Waals surface area contributed by atoms with E-state index in [2.05, 4.69) is 10.2 Å². The Bertz CT molecular complexity index is 342. The lowest BCUT2D eigenvalue weighted by atomic mass is 10.1. The first-order valence-electron chi connectivity index (χ1n) is 5.30. The number of aliphatic hydroxyl groups is 1. The maximum Gasteiger partial charge on any atom is 0.0914 e. The second kappa shape index (κ2) is 6.21. The summed E-state index contributed by atoms with van der Waals surface area (Å²) in [5.41, 5.74) is 1.92. The van der Waals surface area contributed by atoms with Crippen LogP contribution in [0.1, 0.15) is 17.2 Å². The third kappa shape index (κ3) is 3.76. The van der Waals surface area contributed by atoms with Crippen LogP contribution in [0.5, 0.6) is 0 Å². The van der Waals surface area contributed by atoms with E-state index in [1.165, 1.54) is 0 Å². The zero-order valence-electron chi connectivity index (χ0n) is 10.00. The minimum Gasteiger partial charge on any atom is -0.387 e. The highest BCUT2D eigenvalue weighted by Gasteiger charge is 2.09. The Kier molecular flexibility index (Phi) is 5.22. The molecule has 0 aliphatic rings. The van der Waals surface area contributed by atoms with Gasteiger partial charge in [-0.2, -0.15) is 0 Å². The summed E-state index contributed by atoms with van der Waals surface area (Å²) in [5.74, 6) is 0. The molecular formula is C12H19ClN2O. The summed E-state index contributed by atoms with van der Waals surface area (Å²) >= 11 is 6.16. The molecule has 1 unspecified atom stereocenters. The molecule has 0 fully saturated rings. The van der Waals surface area contributed by atoms with E-state index in [0.717, 1.165) is 17.7 Å². The highest BCUT2D eigenvalue weighted by molar-refractivity contribution is 6.31. The number of nitrogens with zero attached hydrogens (tertiary/aromatic N) is 1. The van der Waals surface area contributed by atoms with Crippen LogP contribution in [0.4, 0.5) is 0 Å². The van der Waals surface area contributed by atoms with Crippen LogP contribution in [0.3, 0.4) is 0 Å². The van der Waals surface area contributed by atoms with Crippen LogP contribution in [-0.4, -0.2) is 37.7 Å². The second-order valence-corrected chi connectivity index (χ2v) is 4.57. The van der Waals surface area contributed by atoms with Gasteiger partial charge in [0.25, 0.3) is 0 Å². The molecule has 0 amide bonds. The molecule has 1 atom stereocenters. The van der Waals surface area contributed by atoms with Crippen molar-refractivity contribution in [2.24, 2.45) is 0 Å². The monoisotopic (exact) mass is 242 g/mol. The molecule has 2 N–H and O–H groups in total. The summed E-state index contributed by atoms with van der Waals surface area (Å²) in [6.45, 7) is 1.34. The van der Waals surface area contributed by atoms with Crippen LogP contribution in [0.2, 0.25) is 5.02 Å². The summed E-state index contributed by atoms with van der Waals surface area (Å²) in [6, 6.07) is 5.73. The Hall–Kier alpha value is -0.610. The zero-order chi connectivity index (χ0) is 12.1. The van der Waals surface area contributed by atoms with E-state index in [1.54, 1.807) is 0 Å². The van der Waals surface area contributed by atoms with Crippen molar-refractivity contribution >= 4 is 11.6 Å². The third-order valence-corrected chi connectivity index (χ3v) is 2.70. The van der Waals surface area contributed by atoms with Crippen LogP contribution in [0.25, 0.3) is 0 Å². The van der Waals surface area contributed by atoms with Gasteiger partial charge in [-0.3, -0.25) is 0 Å². The van der Waals surface area contributed by atoms with Crippen LogP contribution in [0.15, 0.2) is 18.2 Å². The van der Waals surface area contributed by atoms with Gasteiger partial charge in [0.05, 0.1) is 6.10 Å². The Labute approximate surface area is 102 Å². The maximum absolute atomic E-state index is 9.79. The Morgan fingerprint density at radius 3 is 2.62 bits per heavy atom. The molecule has 0 aliphatic heterocycles. The van der Waals surface area contributed by atoms with Crippen LogP contribution in [-0.2, 0) is 6.54 Å². The van der Waals surface area contributed by atoms with Crippen LogP contribution in [0, 0.1) is 0 Å². The van der Waals surface area contributed by atoms with Gasteiger partial charge < -0.3 is 15.3 Å². The molecule has 1 rings (SSSR count). The van der Waals surface area contributed by atoms with Gasteiger partial charge in [0.2, 0.25) is 0 Å². The SMILES string of the molecule is CNCC(O)c1ccc(CN(C)C)c(Cl)c1. The summed E-state index contributed by atoms with van der Waals surface area (Å²) in [7, 11) is 5.81. The van der Waals surface area contributed by atoms with Gasteiger partial charge in [0.1, 0.15) is 0 Å². The van der Waals surface area contributed by atoms with Gasteiger partial charge in [-0.05, 0) is 38.3 Å². The summed E-state index contributed by atoms with van der Waals surface area (Å²) < 4.78 is 0. The highest BCUT2D eigenvalue weighted by Crippen LogP contribution is 2.22. The summed E-state index contributed by atoms with van der Waals surface area (Å²) in [6.07, 6.45) is -0.504. The fourth-order valence-electron chi connectivity index (χ4n) is 1.55. The van der Waals surface area contributed by atoms with E-state index in [0.29, 0.717) is 11.6 Å². The van der Waals surface area contributed by atoms with Gasteiger partial charge in [0.15, 0.2) is 0 Å². The Morgan fingerprint density at radius 1 is 1.44 bits per heavy atom. The van der Waals surface area contributed by atoms with Crippen molar-refractivity contribution < 1.29 is 5.11 Å². The molecule has 0 saturated carbocycles. The molecule has 0 radical (unpaired) electrons. The van der Waals surface area contributed by atoms with Gasteiger partial charge in [0, 0.05) is 18.1 Å². The lowest BCUT2D eigenvalue weighted by molar-refractivity contribution is 0.178. The van der Waals surface area contributed by atoms with Crippen molar-refractivity contribution in [3.05, 3.63) is 34.3 Å². The average molecular weight is 243 g/mol. The predicted molar refractivity (Wildman–Crippen MR) is 67.7 cm³/mol. The molecule has 1 aromatic rings. The van der Waals surface area contributed by atoms with Crippen molar-refractivity contribution in [1.29, 1.82) is 0 Å². The summed E-state index contributed by atoms with van der Waals surface area (Å²) in [4.78, 5) is 2.06. The third-order valence-electron chi connectivity index (χ3n) is 2.35. The highest BCUT2D eigenvalue weighted by atomic mass is 35.5. The Morgan fingerprint density at radius 2 is 2.12 bits per heavy atom. The molecule has 90 valence electrons. The lowest BCUT2D eigenvalue weighted by Gasteiger charge is -2.14. The Balaban J connectivity index is 2.82. The minimum absolute atomic E-state index is 0.504. The quantitative estimate of drug-likeness (QED) is 0.824. The zero-order valence-corrected chi connectivity index (χ0v) is 10.8. The summed E-state index contributed by atoms with van der Waals surface area (Å²) in [5, 5.41) is 13.4. The number of aliphatic hydroxyl groups excluding tert-OH is 1. The van der Waals surface area contributed by atoms with Crippen molar-refractivity contribution in [3.8, 4) is 0 Å². The molecule has 0 spiro atoms. The molecule has 16 heavy (non-hydrogen) atoms. The molecule has 0 saturated heterocycles. The van der Waals surface area contributed by atoms with Crippen molar-refractivity contribution in [3.63, 3.8) is 0 Å². The normalized spacial score (nSPS) is 13.1.